The number of amides is 1. The predicted octanol–water partition coefficient (Wildman–Crippen LogP) is 1.57. The molecule has 0 aromatic carbocycles. The first-order valence-electron chi connectivity index (χ1n) is 7.27. The molecule has 0 saturated carbocycles. The molecule has 0 radical (unpaired) electrons. The zero-order chi connectivity index (χ0) is 14.9. The lowest BCUT2D eigenvalue weighted by atomic mass is 10.2. The van der Waals surface area contributed by atoms with Gasteiger partial charge in [-0.25, -0.2) is 0 Å². The molecule has 7 heteroatoms. The van der Waals surface area contributed by atoms with E-state index in [1.807, 2.05) is 34.9 Å². The summed E-state index contributed by atoms with van der Waals surface area (Å²) in [4.78, 5) is 18.7. The Morgan fingerprint density at radius 3 is 3.05 bits per heavy atom. The van der Waals surface area contributed by atoms with Crippen LogP contribution in [0, 0.1) is 0 Å². The van der Waals surface area contributed by atoms with Crippen molar-refractivity contribution in [3.8, 4) is 0 Å². The number of aromatic nitrogens is 1. The summed E-state index contributed by atoms with van der Waals surface area (Å²) in [6, 6.07) is 6.06. The van der Waals surface area contributed by atoms with Crippen LogP contribution in [0.15, 0.2) is 24.4 Å². The molecule has 5 nitrogen and oxygen atoms in total. The predicted molar refractivity (Wildman–Crippen MR) is 92.5 cm³/mol. The number of nitrogens with one attached hydrogen (secondary N) is 1. The highest BCUT2D eigenvalue weighted by Gasteiger charge is 2.21. The lowest BCUT2D eigenvalue weighted by molar-refractivity contribution is -0.133. The highest BCUT2D eigenvalue weighted by molar-refractivity contribution is 7.99. The number of hydrogen-bond acceptors (Lipinski definition) is 5. The lowest BCUT2D eigenvalue weighted by Gasteiger charge is -2.27. The van der Waals surface area contributed by atoms with Gasteiger partial charge >= 0.3 is 0 Å². The number of ether oxygens (including phenoxy) is 1. The van der Waals surface area contributed by atoms with Crippen LogP contribution in [0.1, 0.15) is 12.1 Å². The van der Waals surface area contributed by atoms with E-state index in [1.165, 1.54) is 0 Å². The van der Waals surface area contributed by atoms with Gasteiger partial charge in [0.2, 0.25) is 5.91 Å². The Morgan fingerprint density at radius 2 is 2.41 bits per heavy atom. The van der Waals surface area contributed by atoms with Crippen molar-refractivity contribution in [3.05, 3.63) is 30.1 Å². The van der Waals surface area contributed by atoms with Crippen LogP contribution in [0.4, 0.5) is 0 Å². The van der Waals surface area contributed by atoms with Gasteiger partial charge in [0.05, 0.1) is 18.8 Å². The standard InChI is InChI=1S/C15H23N3O2S.ClH/c1-20-8-7-18(11-13-4-2-3-5-16-13)15(19)10-14-12-21-9-6-17-14;/h2-5,14,17H,6-12H2,1H3;1H. The summed E-state index contributed by atoms with van der Waals surface area (Å²) in [5.41, 5.74) is 0.910. The average molecular weight is 346 g/mol. The maximum atomic E-state index is 12.5. The Kier molecular flexibility index (Phi) is 9.47. The molecule has 1 aliphatic rings. The van der Waals surface area contributed by atoms with Gasteiger partial charge in [-0.05, 0) is 12.1 Å². The molecule has 1 amide bonds. The summed E-state index contributed by atoms with van der Waals surface area (Å²) >= 11 is 1.91. The maximum Gasteiger partial charge on any atom is 0.224 e. The van der Waals surface area contributed by atoms with Crippen molar-refractivity contribution in [2.45, 2.75) is 19.0 Å². The number of hydrogen-bond donors (Lipinski definition) is 1. The molecule has 2 rings (SSSR count). The zero-order valence-corrected chi connectivity index (χ0v) is 14.5. The third-order valence-corrected chi connectivity index (χ3v) is 4.55. The van der Waals surface area contributed by atoms with Crippen LogP contribution in [-0.2, 0) is 16.1 Å². The molecule has 1 saturated heterocycles. The molecular formula is C15H24ClN3O2S. The SMILES string of the molecule is COCCN(Cc1ccccn1)C(=O)CC1CSCCN1.Cl. The number of rotatable bonds is 7. The van der Waals surface area contributed by atoms with Crippen molar-refractivity contribution in [2.24, 2.45) is 0 Å². The summed E-state index contributed by atoms with van der Waals surface area (Å²) in [7, 11) is 1.66. The first-order chi connectivity index (χ1) is 10.3. The molecule has 1 aliphatic heterocycles. The highest BCUT2D eigenvalue weighted by atomic mass is 35.5. The lowest BCUT2D eigenvalue weighted by Crippen LogP contribution is -2.43. The molecule has 1 aromatic heterocycles. The van der Waals surface area contributed by atoms with Gasteiger partial charge in [-0.3, -0.25) is 9.78 Å². The van der Waals surface area contributed by atoms with E-state index in [9.17, 15) is 4.79 Å². The molecule has 1 atom stereocenters. The maximum absolute atomic E-state index is 12.5. The molecule has 0 spiro atoms. The molecule has 0 aliphatic carbocycles. The van der Waals surface area contributed by atoms with Gasteiger partial charge in [0.25, 0.3) is 0 Å². The molecule has 1 fully saturated rings. The van der Waals surface area contributed by atoms with E-state index in [-0.39, 0.29) is 24.4 Å². The minimum Gasteiger partial charge on any atom is -0.383 e. The first-order valence-corrected chi connectivity index (χ1v) is 8.43. The van der Waals surface area contributed by atoms with E-state index < -0.39 is 0 Å². The van der Waals surface area contributed by atoms with Gasteiger partial charge < -0.3 is 15.0 Å². The van der Waals surface area contributed by atoms with Crippen LogP contribution in [0.3, 0.4) is 0 Å². The van der Waals surface area contributed by atoms with Gasteiger partial charge in [0, 0.05) is 50.4 Å². The fourth-order valence-corrected chi connectivity index (χ4v) is 3.22. The summed E-state index contributed by atoms with van der Waals surface area (Å²) in [6.07, 6.45) is 2.30. The molecule has 1 aromatic rings. The van der Waals surface area contributed by atoms with Gasteiger partial charge in [-0.15, -0.1) is 12.4 Å². The smallest absolute Gasteiger partial charge is 0.224 e. The average Bonchev–Trinajstić information content (AvgIpc) is 2.53. The normalized spacial score (nSPS) is 17.6. The van der Waals surface area contributed by atoms with Crippen LogP contribution in [-0.4, -0.2) is 60.1 Å². The fourth-order valence-electron chi connectivity index (χ4n) is 2.27. The fraction of sp³-hybridized carbons (Fsp3) is 0.600. The number of carbonyl (C=O) groups excluding carboxylic acids is 1. The van der Waals surface area contributed by atoms with E-state index in [0.29, 0.717) is 26.1 Å². The van der Waals surface area contributed by atoms with Gasteiger partial charge in [0.15, 0.2) is 0 Å². The third kappa shape index (κ3) is 6.52. The Balaban J connectivity index is 0.00000242. The van der Waals surface area contributed by atoms with Gasteiger partial charge in [-0.1, -0.05) is 6.07 Å². The van der Waals surface area contributed by atoms with Crippen LogP contribution in [0.5, 0.6) is 0 Å². The largest absolute Gasteiger partial charge is 0.383 e. The molecular weight excluding hydrogens is 322 g/mol. The van der Waals surface area contributed by atoms with E-state index in [0.717, 1.165) is 23.7 Å². The Hall–Kier alpha value is -0.820. The van der Waals surface area contributed by atoms with E-state index in [2.05, 4.69) is 10.3 Å². The van der Waals surface area contributed by atoms with Crippen molar-refractivity contribution < 1.29 is 9.53 Å². The van der Waals surface area contributed by atoms with Crippen molar-refractivity contribution in [3.63, 3.8) is 0 Å². The number of pyridine rings is 1. The number of nitrogens with zero attached hydrogens (tertiary/aromatic N) is 2. The zero-order valence-electron chi connectivity index (χ0n) is 12.9. The van der Waals surface area contributed by atoms with Crippen LogP contribution >= 0.6 is 24.2 Å². The summed E-state index contributed by atoms with van der Waals surface area (Å²) in [6.45, 7) is 2.68. The van der Waals surface area contributed by atoms with Crippen LogP contribution in [0.2, 0.25) is 0 Å². The molecule has 0 bridgehead atoms. The number of carbonyl (C=O) groups is 1. The quantitative estimate of drug-likeness (QED) is 0.813. The Labute approximate surface area is 142 Å². The molecule has 1 unspecified atom stereocenters. The summed E-state index contributed by atoms with van der Waals surface area (Å²) < 4.78 is 5.12. The van der Waals surface area contributed by atoms with Gasteiger partial charge in [0.1, 0.15) is 0 Å². The molecule has 1 N–H and O–H groups in total. The monoisotopic (exact) mass is 345 g/mol. The number of halogens is 1. The van der Waals surface area contributed by atoms with Crippen molar-refractivity contribution in [2.75, 3.05) is 38.3 Å². The van der Waals surface area contributed by atoms with Gasteiger partial charge in [-0.2, -0.15) is 11.8 Å². The van der Waals surface area contributed by atoms with Crippen LogP contribution < -0.4 is 5.32 Å². The second kappa shape index (κ2) is 10.8. The number of thioether (sulfide) groups is 1. The first kappa shape index (κ1) is 19.2. The molecule has 22 heavy (non-hydrogen) atoms. The molecule has 124 valence electrons. The second-order valence-electron chi connectivity index (χ2n) is 5.06. The van der Waals surface area contributed by atoms with E-state index in [1.54, 1.807) is 13.3 Å². The summed E-state index contributed by atoms with van der Waals surface area (Å²) in [5, 5.41) is 3.41. The topological polar surface area (TPSA) is 54.5 Å². The minimum atomic E-state index is 0. The molecule has 2 heterocycles. The van der Waals surface area contributed by atoms with E-state index in [4.69, 9.17) is 4.74 Å². The third-order valence-electron chi connectivity index (χ3n) is 3.42. The number of methoxy groups -OCH3 is 1. The Morgan fingerprint density at radius 1 is 1.55 bits per heavy atom. The minimum absolute atomic E-state index is 0. The second-order valence-corrected chi connectivity index (χ2v) is 6.21. The van der Waals surface area contributed by atoms with Crippen molar-refractivity contribution in [1.29, 1.82) is 0 Å². The highest BCUT2D eigenvalue weighted by Crippen LogP contribution is 2.12. The van der Waals surface area contributed by atoms with Crippen LogP contribution in [0.25, 0.3) is 0 Å². The van der Waals surface area contributed by atoms with E-state index >= 15 is 0 Å². The van der Waals surface area contributed by atoms with Crippen molar-refractivity contribution in [1.82, 2.24) is 15.2 Å². The Bertz CT molecular complexity index is 430. The summed E-state index contributed by atoms with van der Waals surface area (Å²) in [5.74, 6) is 2.30. The van der Waals surface area contributed by atoms with Crippen molar-refractivity contribution >= 4 is 30.1 Å².